The summed E-state index contributed by atoms with van der Waals surface area (Å²) in [6, 6.07) is 12.2. The Labute approximate surface area is 187 Å². The van der Waals surface area contributed by atoms with Gasteiger partial charge in [-0.15, -0.1) is 0 Å². The molecular formula is C24H28N2O6. The van der Waals surface area contributed by atoms with Crippen LogP contribution in [0.2, 0.25) is 0 Å². The number of nitro benzene ring substituents is 1. The summed E-state index contributed by atoms with van der Waals surface area (Å²) in [5.41, 5.74) is 1.39. The number of nitro groups is 1. The number of hydrogen-bond acceptors (Lipinski definition) is 7. The first-order valence-electron chi connectivity index (χ1n) is 10.8. The van der Waals surface area contributed by atoms with E-state index in [9.17, 15) is 19.7 Å². The molecule has 0 amide bonds. The predicted octanol–water partition coefficient (Wildman–Crippen LogP) is 4.69. The van der Waals surface area contributed by atoms with Gasteiger partial charge in [-0.3, -0.25) is 14.9 Å². The fourth-order valence-corrected chi connectivity index (χ4v) is 3.82. The number of piperidine rings is 1. The third-order valence-electron chi connectivity index (χ3n) is 5.53. The van der Waals surface area contributed by atoms with E-state index in [1.807, 2.05) is 17.0 Å². The van der Waals surface area contributed by atoms with Crippen molar-refractivity contribution in [2.24, 2.45) is 5.92 Å². The molecule has 0 saturated carbocycles. The fourth-order valence-electron chi connectivity index (χ4n) is 3.82. The van der Waals surface area contributed by atoms with E-state index < -0.39 is 4.92 Å². The molecule has 0 unspecified atom stereocenters. The number of nitrogens with zero attached hydrogens (tertiary/aromatic N) is 2. The van der Waals surface area contributed by atoms with E-state index in [2.05, 4.69) is 0 Å². The van der Waals surface area contributed by atoms with Crippen LogP contribution in [0.3, 0.4) is 0 Å². The summed E-state index contributed by atoms with van der Waals surface area (Å²) in [5.74, 6) is 0.398. The van der Waals surface area contributed by atoms with E-state index in [0.717, 1.165) is 5.56 Å². The lowest BCUT2D eigenvalue weighted by atomic mass is 9.96. The summed E-state index contributed by atoms with van der Waals surface area (Å²) in [6.07, 6.45) is 2.29. The van der Waals surface area contributed by atoms with E-state index >= 15 is 0 Å². The zero-order chi connectivity index (χ0) is 23.1. The molecule has 3 rings (SSSR count). The van der Waals surface area contributed by atoms with Crippen molar-refractivity contribution in [2.45, 2.75) is 39.5 Å². The number of carbonyl (C=O) groups excluding carboxylic acids is 2. The van der Waals surface area contributed by atoms with Gasteiger partial charge in [0.05, 0.1) is 17.4 Å². The Bertz CT molecular complexity index is 965. The number of Topliss-reactive ketones (excluding diaryl/α,β-unsaturated/α-hetero) is 1. The maximum Gasteiger partial charge on any atom is 0.334 e. The summed E-state index contributed by atoms with van der Waals surface area (Å²) in [6.45, 7) is 4.74. The Morgan fingerprint density at radius 2 is 1.81 bits per heavy atom. The molecule has 32 heavy (non-hydrogen) atoms. The largest absolute Gasteiger partial charge is 0.466 e. The van der Waals surface area contributed by atoms with Crippen LogP contribution < -0.4 is 9.64 Å². The molecule has 0 N–H and O–H groups in total. The Morgan fingerprint density at radius 3 is 2.41 bits per heavy atom. The molecule has 0 aliphatic carbocycles. The van der Waals surface area contributed by atoms with Crippen molar-refractivity contribution in [3.05, 3.63) is 58.1 Å². The topological polar surface area (TPSA) is 99.0 Å². The van der Waals surface area contributed by atoms with Crippen molar-refractivity contribution in [3.63, 3.8) is 0 Å². The molecule has 0 bridgehead atoms. The minimum absolute atomic E-state index is 0.0947. The van der Waals surface area contributed by atoms with E-state index in [1.165, 1.54) is 0 Å². The highest BCUT2D eigenvalue weighted by Gasteiger charge is 2.31. The number of ketones is 1. The maximum atomic E-state index is 12.0. The Balaban J connectivity index is 1.75. The molecule has 8 nitrogen and oxygen atoms in total. The average Bonchev–Trinajstić information content (AvgIpc) is 2.78. The lowest BCUT2D eigenvalue weighted by Crippen LogP contribution is -2.37. The number of aryl methyl sites for hydroxylation is 1. The molecule has 2 aromatic carbocycles. The number of hydrogen-bond donors (Lipinski definition) is 0. The van der Waals surface area contributed by atoms with Gasteiger partial charge in [-0.05, 0) is 62.9 Å². The van der Waals surface area contributed by atoms with Crippen LogP contribution >= 0.6 is 0 Å². The Kier molecular flexibility index (Phi) is 7.81. The average molecular weight is 440 g/mol. The molecule has 1 saturated heterocycles. The number of ether oxygens (including phenoxy) is 2. The smallest absolute Gasteiger partial charge is 0.334 e. The molecule has 1 aliphatic rings. The molecule has 0 atom stereocenters. The Hall–Kier alpha value is -3.42. The second-order valence-electron chi connectivity index (χ2n) is 7.84. The predicted molar refractivity (Wildman–Crippen MR) is 120 cm³/mol. The number of para-hydroxylation sites is 1. The van der Waals surface area contributed by atoms with Gasteiger partial charge in [-0.2, -0.15) is 0 Å². The molecule has 0 aromatic heterocycles. The van der Waals surface area contributed by atoms with Crippen molar-refractivity contribution in [2.75, 3.05) is 24.6 Å². The number of anilines is 1. The first-order valence-corrected chi connectivity index (χ1v) is 10.8. The fraction of sp³-hybridized carbons (Fsp3) is 0.417. The van der Waals surface area contributed by atoms with Crippen molar-refractivity contribution >= 4 is 23.1 Å². The minimum Gasteiger partial charge on any atom is -0.466 e. The molecule has 0 radical (unpaired) electrons. The molecule has 1 aliphatic heterocycles. The highest BCUT2D eigenvalue weighted by Crippen LogP contribution is 2.40. The summed E-state index contributed by atoms with van der Waals surface area (Å²) in [4.78, 5) is 36.6. The minimum atomic E-state index is -0.427. The van der Waals surface area contributed by atoms with Crippen molar-refractivity contribution in [3.8, 4) is 11.5 Å². The molecule has 170 valence electrons. The standard InChI is InChI=1S/C24H28N2O6/c1-3-31-24(28)19-13-15-25(16-14-19)21-5-4-6-22(23(21)26(29)30)32-20-11-9-18(10-12-20)8-7-17(2)27/h4-6,9-12,19H,3,7-8,13-16H2,1-2H3. The number of esters is 1. The van der Waals surface area contributed by atoms with Gasteiger partial charge in [0.15, 0.2) is 0 Å². The molecule has 1 fully saturated rings. The van der Waals surface area contributed by atoms with Crippen molar-refractivity contribution in [1.29, 1.82) is 0 Å². The van der Waals surface area contributed by atoms with Gasteiger partial charge in [0.1, 0.15) is 17.2 Å². The third-order valence-corrected chi connectivity index (χ3v) is 5.53. The highest BCUT2D eigenvalue weighted by atomic mass is 16.6. The molecule has 1 heterocycles. The number of carbonyl (C=O) groups is 2. The summed E-state index contributed by atoms with van der Waals surface area (Å²) in [7, 11) is 0. The normalized spacial score (nSPS) is 14.1. The van der Waals surface area contributed by atoms with Crippen LogP contribution in [-0.2, 0) is 20.7 Å². The van der Waals surface area contributed by atoms with Gasteiger partial charge in [0.25, 0.3) is 0 Å². The van der Waals surface area contributed by atoms with Crippen molar-refractivity contribution in [1.82, 2.24) is 0 Å². The lowest BCUT2D eigenvalue weighted by molar-refractivity contribution is -0.384. The second-order valence-corrected chi connectivity index (χ2v) is 7.84. The first-order chi connectivity index (χ1) is 15.4. The van der Waals surface area contributed by atoms with Gasteiger partial charge in [0.2, 0.25) is 5.75 Å². The van der Waals surface area contributed by atoms with Gasteiger partial charge in [0, 0.05) is 19.5 Å². The summed E-state index contributed by atoms with van der Waals surface area (Å²) >= 11 is 0. The van der Waals surface area contributed by atoms with E-state index in [-0.39, 0.29) is 29.1 Å². The van der Waals surface area contributed by atoms with Gasteiger partial charge in [-0.25, -0.2) is 0 Å². The van der Waals surface area contributed by atoms with Crippen LogP contribution in [0.4, 0.5) is 11.4 Å². The lowest BCUT2D eigenvalue weighted by Gasteiger charge is -2.32. The quantitative estimate of drug-likeness (QED) is 0.317. The van der Waals surface area contributed by atoms with Crippen LogP contribution in [0.5, 0.6) is 11.5 Å². The number of rotatable bonds is 9. The zero-order valence-corrected chi connectivity index (χ0v) is 18.4. The van der Waals surface area contributed by atoms with Gasteiger partial charge >= 0.3 is 11.7 Å². The molecule has 0 spiro atoms. The first kappa shape index (κ1) is 23.2. The highest BCUT2D eigenvalue weighted by molar-refractivity contribution is 5.76. The van der Waals surface area contributed by atoms with E-state index in [4.69, 9.17) is 9.47 Å². The monoisotopic (exact) mass is 440 g/mol. The second kappa shape index (κ2) is 10.7. The molecular weight excluding hydrogens is 412 g/mol. The van der Waals surface area contributed by atoms with Crippen LogP contribution in [0.1, 0.15) is 38.7 Å². The van der Waals surface area contributed by atoms with E-state index in [1.54, 1.807) is 44.2 Å². The van der Waals surface area contributed by atoms with Gasteiger partial charge < -0.3 is 19.2 Å². The van der Waals surface area contributed by atoms with Gasteiger partial charge in [-0.1, -0.05) is 18.2 Å². The molecule has 2 aromatic rings. The van der Waals surface area contributed by atoms with Crippen LogP contribution in [0, 0.1) is 16.0 Å². The molecule has 8 heteroatoms. The summed E-state index contributed by atoms with van der Waals surface area (Å²) in [5, 5.41) is 11.9. The van der Waals surface area contributed by atoms with Crippen molar-refractivity contribution < 1.29 is 24.0 Å². The van der Waals surface area contributed by atoms with Crippen LogP contribution in [0.15, 0.2) is 42.5 Å². The Morgan fingerprint density at radius 1 is 1.12 bits per heavy atom. The third kappa shape index (κ3) is 5.84. The number of benzene rings is 2. The van der Waals surface area contributed by atoms with E-state index in [0.29, 0.717) is 56.8 Å². The van der Waals surface area contributed by atoms with Crippen LogP contribution in [-0.4, -0.2) is 36.4 Å². The maximum absolute atomic E-state index is 12.0. The SMILES string of the molecule is CCOC(=O)C1CCN(c2cccc(Oc3ccc(CCC(C)=O)cc3)c2[N+](=O)[O-])CC1. The zero-order valence-electron chi connectivity index (χ0n) is 18.4. The summed E-state index contributed by atoms with van der Waals surface area (Å²) < 4.78 is 11.0. The van der Waals surface area contributed by atoms with Crippen LogP contribution in [0.25, 0.3) is 0 Å².